The molecule has 0 bridgehead atoms. The van der Waals surface area contributed by atoms with Gasteiger partial charge < -0.3 is 24.4 Å². The van der Waals surface area contributed by atoms with Gasteiger partial charge in [0.05, 0.1) is 19.6 Å². The van der Waals surface area contributed by atoms with Crippen molar-refractivity contribution in [2.24, 2.45) is 11.8 Å². The fraction of sp³-hybridized carbons (Fsp3) is 0.600. The van der Waals surface area contributed by atoms with E-state index in [4.69, 9.17) is 14.2 Å². The van der Waals surface area contributed by atoms with Crippen LogP contribution in [0.1, 0.15) is 19.3 Å². The molecule has 2 fully saturated rings. The van der Waals surface area contributed by atoms with Gasteiger partial charge in [0.15, 0.2) is 11.5 Å². The van der Waals surface area contributed by atoms with Crippen LogP contribution in [-0.4, -0.2) is 63.3 Å². The van der Waals surface area contributed by atoms with E-state index in [1.807, 2.05) is 24.3 Å². The first kappa shape index (κ1) is 19.5. The molecule has 2 aliphatic rings. The van der Waals surface area contributed by atoms with Crippen molar-refractivity contribution in [2.45, 2.75) is 19.3 Å². The zero-order valence-electron chi connectivity index (χ0n) is 15.8. The molecule has 0 saturated carbocycles. The van der Waals surface area contributed by atoms with Crippen molar-refractivity contribution >= 4 is 11.8 Å². The Morgan fingerprint density at radius 3 is 2.74 bits per heavy atom. The van der Waals surface area contributed by atoms with E-state index in [9.17, 15) is 9.59 Å². The van der Waals surface area contributed by atoms with Crippen LogP contribution in [0.4, 0.5) is 0 Å². The molecule has 27 heavy (non-hydrogen) atoms. The summed E-state index contributed by atoms with van der Waals surface area (Å²) in [5, 5.41) is 3.01. The highest BCUT2D eigenvalue weighted by molar-refractivity contribution is 5.89. The van der Waals surface area contributed by atoms with Crippen LogP contribution < -0.4 is 14.8 Å². The average molecular weight is 376 g/mol. The van der Waals surface area contributed by atoms with Gasteiger partial charge in [-0.15, -0.1) is 0 Å². The maximum atomic E-state index is 12.4. The molecule has 2 aliphatic heterocycles. The summed E-state index contributed by atoms with van der Waals surface area (Å²) in [5.41, 5.74) is 0. The number of hydrogen-bond donors (Lipinski definition) is 1. The van der Waals surface area contributed by atoms with E-state index >= 15 is 0 Å². The first-order chi connectivity index (χ1) is 13.2. The summed E-state index contributed by atoms with van der Waals surface area (Å²) >= 11 is 0. The maximum Gasteiger partial charge on any atom is 0.225 e. The molecule has 0 aromatic heterocycles. The summed E-state index contributed by atoms with van der Waals surface area (Å²) in [7, 11) is 1.59. The summed E-state index contributed by atoms with van der Waals surface area (Å²) < 4.78 is 16.3. The number of ether oxygens (including phenoxy) is 3. The van der Waals surface area contributed by atoms with Gasteiger partial charge in [0.2, 0.25) is 11.8 Å². The number of nitrogens with one attached hydrogen (secondary N) is 1. The number of para-hydroxylation sites is 2. The van der Waals surface area contributed by atoms with Crippen molar-refractivity contribution in [1.82, 2.24) is 10.2 Å². The van der Waals surface area contributed by atoms with Gasteiger partial charge in [-0.2, -0.15) is 0 Å². The molecule has 3 rings (SSSR count). The highest BCUT2D eigenvalue weighted by atomic mass is 16.5. The summed E-state index contributed by atoms with van der Waals surface area (Å²) in [5.74, 6) is 1.50. The molecule has 0 radical (unpaired) electrons. The smallest absolute Gasteiger partial charge is 0.225 e. The third-order valence-corrected chi connectivity index (χ3v) is 5.18. The van der Waals surface area contributed by atoms with Gasteiger partial charge in [-0.05, 0) is 30.9 Å². The van der Waals surface area contributed by atoms with Crippen LogP contribution in [-0.2, 0) is 14.3 Å². The van der Waals surface area contributed by atoms with Crippen LogP contribution in [0.15, 0.2) is 24.3 Å². The van der Waals surface area contributed by atoms with Gasteiger partial charge in [0.1, 0.15) is 6.61 Å². The number of carbonyl (C=O) groups is 2. The second kappa shape index (κ2) is 9.60. The molecule has 1 aromatic rings. The van der Waals surface area contributed by atoms with Crippen molar-refractivity contribution in [3.63, 3.8) is 0 Å². The summed E-state index contributed by atoms with van der Waals surface area (Å²) in [4.78, 5) is 26.3. The minimum atomic E-state index is -0.274. The Kier molecular flexibility index (Phi) is 6.92. The van der Waals surface area contributed by atoms with E-state index in [2.05, 4.69) is 5.32 Å². The number of likely N-dealkylation sites (tertiary alicyclic amines) is 1. The lowest BCUT2D eigenvalue weighted by Crippen LogP contribution is -2.37. The maximum absolute atomic E-state index is 12.4. The predicted octanol–water partition coefficient (Wildman–Crippen LogP) is 1.47. The molecule has 1 aromatic carbocycles. The lowest BCUT2D eigenvalue weighted by molar-refractivity contribution is -0.129. The standard InChI is InChI=1S/C20H28N2O5/c1-25-17-4-2-3-5-18(17)27-11-8-22-14-16(12-19(22)23)20(24)21-13-15-6-9-26-10-7-15/h2-5,15-16H,6-14H2,1H3,(H,21,24)/t16-/m1/s1. The molecule has 1 N–H and O–H groups in total. The molecule has 2 amide bonds. The lowest BCUT2D eigenvalue weighted by atomic mass is 10.00. The molecule has 0 spiro atoms. The van der Waals surface area contributed by atoms with E-state index in [1.165, 1.54) is 0 Å². The van der Waals surface area contributed by atoms with Crippen LogP contribution in [0.3, 0.4) is 0 Å². The third-order valence-electron chi connectivity index (χ3n) is 5.18. The molecule has 0 unspecified atom stereocenters. The van der Waals surface area contributed by atoms with Crippen molar-refractivity contribution < 1.29 is 23.8 Å². The summed E-state index contributed by atoms with van der Waals surface area (Å²) in [6.07, 6.45) is 2.24. The second-order valence-corrected chi connectivity index (χ2v) is 7.04. The quantitative estimate of drug-likeness (QED) is 0.743. The fourth-order valence-corrected chi connectivity index (χ4v) is 3.51. The number of methoxy groups -OCH3 is 1. The lowest BCUT2D eigenvalue weighted by Gasteiger charge is -2.23. The number of benzene rings is 1. The Morgan fingerprint density at radius 2 is 2.00 bits per heavy atom. The summed E-state index contributed by atoms with van der Waals surface area (Å²) in [6, 6.07) is 7.41. The monoisotopic (exact) mass is 376 g/mol. The highest BCUT2D eigenvalue weighted by Gasteiger charge is 2.34. The highest BCUT2D eigenvalue weighted by Crippen LogP contribution is 2.26. The van der Waals surface area contributed by atoms with E-state index in [-0.39, 0.29) is 24.2 Å². The number of hydrogen-bond acceptors (Lipinski definition) is 5. The Hall–Kier alpha value is -2.28. The van der Waals surface area contributed by atoms with E-state index in [0.717, 1.165) is 26.1 Å². The first-order valence-corrected chi connectivity index (χ1v) is 9.56. The van der Waals surface area contributed by atoms with Gasteiger partial charge in [0, 0.05) is 32.7 Å². The van der Waals surface area contributed by atoms with Gasteiger partial charge in [-0.25, -0.2) is 0 Å². The first-order valence-electron chi connectivity index (χ1n) is 9.56. The zero-order valence-corrected chi connectivity index (χ0v) is 15.8. The van der Waals surface area contributed by atoms with Gasteiger partial charge in [-0.3, -0.25) is 9.59 Å². The van der Waals surface area contributed by atoms with Crippen molar-refractivity contribution in [3.8, 4) is 11.5 Å². The van der Waals surface area contributed by atoms with Gasteiger partial charge in [0.25, 0.3) is 0 Å². The molecular weight excluding hydrogens is 348 g/mol. The topological polar surface area (TPSA) is 77.1 Å². The largest absolute Gasteiger partial charge is 0.493 e. The molecule has 148 valence electrons. The Morgan fingerprint density at radius 1 is 1.26 bits per heavy atom. The van der Waals surface area contributed by atoms with Crippen LogP contribution in [0.5, 0.6) is 11.5 Å². The number of amides is 2. The van der Waals surface area contributed by atoms with E-state index < -0.39 is 0 Å². The van der Waals surface area contributed by atoms with Crippen LogP contribution >= 0.6 is 0 Å². The molecule has 0 aliphatic carbocycles. The van der Waals surface area contributed by atoms with E-state index in [0.29, 0.717) is 43.7 Å². The van der Waals surface area contributed by atoms with Gasteiger partial charge in [-0.1, -0.05) is 12.1 Å². The predicted molar refractivity (Wildman–Crippen MR) is 99.7 cm³/mol. The third kappa shape index (κ3) is 5.35. The molecule has 7 heteroatoms. The van der Waals surface area contributed by atoms with Crippen LogP contribution in [0.2, 0.25) is 0 Å². The zero-order chi connectivity index (χ0) is 19.1. The molecule has 1 atom stereocenters. The Balaban J connectivity index is 1.41. The molecule has 2 heterocycles. The number of nitrogens with zero attached hydrogens (tertiary/aromatic N) is 1. The minimum Gasteiger partial charge on any atom is -0.493 e. The van der Waals surface area contributed by atoms with E-state index in [1.54, 1.807) is 12.0 Å². The molecule has 7 nitrogen and oxygen atoms in total. The van der Waals surface area contributed by atoms with Crippen molar-refractivity contribution in [2.75, 3.05) is 46.6 Å². The molecule has 2 saturated heterocycles. The van der Waals surface area contributed by atoms with Crippen molar-refractivity contribution in [1.29, 1.82) is 0 Å². The Bertz CT molecular complexity index is 645. The number of rotatable bonds is 8. The van der Waals surface area contributed by atoms with Crippen LogP contribution in [0, 0.1) is 11.8 Å². The van der Waals surface area contributed by atoms with Gasteiger partial charge >= 0.3 is 0 Å². The number of carbonyl (C=O) groups excluding carboxylic acids is 2. The SMILES string of the molecule is COc1ccccc1OCCN1C[C@H](C(=O)NCC2CCOCC2)CC1=O. The van der Waals surface area contributed by atoms with Crippen LogP contribution in [0.25, 0.3) is 0 Å². The normalized spacial score (nSPS) is 20.6. The minimum absolute atomic E-state index is 0.00448. The molecular formula is C20H28N2O5. The average Bonchev–Trinajstić information content (AvgIpc) is 3.08. The second-order valence-electron chi connectivity index (χ2n) is 7.04. The van der Waals surface area contributed by atoms with Crippen molar-refractivity contribution in [3.05, 3.63) is 24.3 Å². The Labute approximate surface area is 160 Å². The summed E-state index contributed by atoms with van der Waals surface area (Å²) in [6.45, 7) is 3.48. The fourth-order valence-electron chi connectivity index (χ4n) is 3.51.